The number of rotatable bonds is 7. The van der Waals surface area contributed by atoms with Crippen molar-refractivity contribution in [2.75, 3.05) is 14.2 Å². The number of aliphatic carboxylic acids is 1. The lowest BCUT2D eigenvalue weighted by molar-refractivity contribution is -0.138. The Hall–Kier alpha value is -3.29. The van der Waals surface area contributed by atoms with Crippen LogP contribution in [0.1, 0.15) is 23.6 Å². The molecule has 0 aromatic heterocycles. The lowest BCUT2D eigenvalue weighted by atomic mass is 10.0. The van der Waals surface area contributed by atoms with Crippen molar-refractivity contribution in [2.45, 2.75) is 25.0 Å². The van der Waals surface area contributed by atoms with E-state index in [1.54, 1.807) is 18.2 Å². The van der Waals surface area contributed by atoms with Gasteiger partial charge in [0.15, 0.2) is 17.6 Å². The molecule has 2 aromatic carbocycles. The number of amides is 1. The zero-order valence-corrected chi connectivity index (χ0v) is 15.4. The Morgan fingerprint density at radius 3 is 2.64 bits per heavy atom. The highest BCUT2D eigenvalue weighted by atomic mass is 19.1. The maximum atomic E-state index is 13.4. The molecule has 0 saturated carbocycles. The predicted octanol–water partition coefficient (Wildman–Crippen LogP) is 2.48. The summed E-state index contributed by atoms with van der Waals surface area (Å²) in [6.45, 7) is 0. The molecule has 1 aliphatic heterocycles. The second kappa shape index (κ2) is 8.16. The van der Waals surface area contributed by atoms with Crippen molar-refractivity contribution in [3.63, 3.8) is 0 Å². The van der Waals surface area contributed by atoms with Crippen LogP contribution in [0, 0.1) is 5.82 Å². The third-order valence-electron chi connectivity index (χ3n) is 4.49. The van der Waals surface area contributed by atoms with Gasteiger partial charge in [0.05, 0.1) is 26.7 Å². The smallest absolute Gasteiger partial charge is 0.305 e. The number of methoxy groups -OCH3 is 2. The van der Waals surface area contributed by atoms with Crippen molar-refractivity contribution in [2.24, 2.45) is 0 Å². The molecule has 0 fully saturated rings. The van der Waals surface area contributed by atoms with Gasteiger partial charge in [-0.25, -0.2) is 4.39 Å². The molecule has 2 aromatic rings. The molecule has 8 heteroatoms. The summed E-state index contributed by atoms with van der Waals surface area (Å²) in [6, 6.07) is 8.18. The summed E-state index contributed by atoms with van der Waals surface area (Å²) in [5, 5.41) is 12.0. The lowest BCUT2D eigenvalue weighted by Gasteiger charge is -2.21. The van der Waals surface area contributed by atoms with Crippen molar-refractivity contribution in [3.8, 4) is 17.2 Å². The molecule has 1 amide bonds. The molecule has 0 saturated heterocycles. The van der Waals surface area contributed by atoms with Gasteiger partial charge in [0.25, 0.3) is 5.91 Å². The van der Waals surface area contributed by atoms with E-state index in [4.69, 9.17) is 14.2 Å². The van der Waals surface area contributed by atoms with E-state index in [1.807, 2.05) is 0 Å². The summed E-state index contributed by atoms with van der Waals surface area (Å²) in [5.74, 6) is -0.594. The molecule has 0 spiro atoms. The zero-order valence-electron chi connectivity index (χ0n) is 15.4. The molecule has 3 rings (SSSR count). The van der Waals surface area contributed by atoms with Gasteiger partial charge in [0.1, 0.15) is 11.6 Å². The molecule has 2 N–H and O–H groups in total. The average Bonchev–Trinajstić information content (AvgIpc) is 3.09. The van der Waals surface area contributed by atoms with Crippen LogP contribution in [0.15, 0.2) is 36.4 Å². The molecule has 0 aliphatic carbocycles. The Bertz CT molecular complexity index is 900. The van der Waals surface area contributed by atoms with Crippen LogP contribution < -0.4 is 19.5 Å². The Balaban J connectivity index is 1.78. The monoisotopic (exact) mass is 389 g/mol. The average molecular weight is 389 g/mol. The van der Waals surface area contributed by atoms with E-state index in [2.05, 4.69) is 5.32 Å². The SMILES string of the molecule is COc1ccc([C@@H](CC(=O)O)NC(=O)[C@H]2Cc3cc(F)ccc3O2)cc1OC. The second-order valence-electron chi connectivity index (χ2n) is 6.34. The van der Waals surface area contributed by atoms with Gasteiger partial charge in [-0.1, -0.05) is 6.07 Å². The van der Waals surface area contributed by atoms with Gasteiger partial charge in [-0.05, 0) is 35.9 Å². The van der Waals surface area contributed by atoms with Crippen molar-refractivity contribution < 1.29 is 33.3 Å². The second-order valence-corrected chi connectivity index (χ2v) is 6.34. The van der Waals surface area contributed by atoms with E-state index in [0.717, 1.165) is 0 Å². The standard InChI is InChI=1S/C20H20FNO6/c1-26-16-5-3-11(8-17(16)27-2)14(10-19(23)24)22-20(25)18-9-12-7-13(21)4-6-15(12)28-18/h3-8,14,18H,9-10H2,1-2H3,(H,22,25)(H,23,24)/t14-,18-/m1/s1. The van der Waals surface area contributed by atoms with E-state index < -0.39 is 29.8 Å². The molecular weight excluding hydrogens is 369 g/mol. The highest BCUT2D eigenvalue weighted by Crippen LogP contribution is 2.32. The van der Waals surface area contributed by atoms with E-state index >= 15 is 0 Å². The number of benzene rings is 2. The molecule has 0 radical (unpaired) electrons. The minimum Gasteiger partial charge on any atom is -0.493 e. The number of hydrogen-bond acceptors (Lipinski definition) is 5. The van der Waals surface area contributed by atoms with Crippen LogP contribution >= 0.6 is 0 Å². The predicted molar refractivity (Wildman–Crippen MR) is 97.2 cm³/mol. The summed E-state index contributed by atoms with van der Waals surface area (Å²) < 4.78 is 29.4. The van der Waals surface area contributed by atoms with Crippen LogP contribution in [0.2, 0.25) is 0 Å². The van der Waals surface area contributed by atoms with Crippen LogP contribution in [0.5, 0.6) is 17.2 Å². The summed E-state index contributed by atoms with van der Waals surface area (Å²) in [4.78, 5) is 24.0. The third kappa shape index (κ3) is 4.16. The van der Waals surface area contributed by atoms with Crippen molar-refractivity contribution in [1.29, 1.82) is 0 Å². The molecule has 148 valence electrons. The molecule has 28 heavy (non-hydrogen) atoms. The Labute approximate surface area is 161 Å². The van der Waals surface area contributed by atoms with Crippen LogP contribution in [-0.2, 0) is 16.0 Å². The number of carboxylic acid groups (broad SMARTS) is 1. The van der Waals surface area contributed by atoms with Crippen molar-refractivity contribution in [1.82, 2.24) is 5.32 Å². The largest absolute Gasteiger partial charge is 0.493 e. The number of carbonyl (C=O) groups is 2. The fraction of sp³-hybridized carbons (Fsp3) is 0.300. The van der Waals surface area contributed by atoms with Gasteiger partial charge in [0.2, 0.25) is 0 Å². The van der Waals surface area contributed by atoms with Crippen molar-refractivity contribution >= 4 is 11.9 Å². The molecule has 0 bridgehead atoms. The molecular formula is C20H20FNO6. The van der Waals surface area contributed by atoms with E-state index in [1.165, 1.54) is 32.4 Å². The quantitative estimate of drug-likeness (QED) is 0.756. The number of ether oxygens (including phenoxy) is 3. The Morgan fingerprint density at radius 2 is 1.96 bits per heavy atom. The first-order valence-corrected chi connectivity index (χ1v) is 8.60. The number of nitrogens with one attached hydrogen (secondary N) is 1. The topological polar surface area (TPSA) is 94.1 Å². The van der Waals surface area contributed by atoms with E-state index in [9.17, 15) is 19.1 Å². The minimum atomic E-state index is -1.07. The van der Waals surface area contributed by atoms with Gasteiger partial charge in [-0.15, -0.1) is 0 Å². The van der Waals surface area contributed by atoms with Crippen molar-refractivity contribution in [3.05, 3.63) is 53.3 Å². The van der Waals surface area contributed by atoms with E-state index in [0.29, 0.717) is 28.4 Å². The normalized spacial score (nSPS) is 15.9. The fourth-order valence-corrected chi connectivity index (χ4v) is 3.12. The maximum absolute atomic E-state index is 13.4. The maximum Gasteiger partial charge on any atom is 0.305 e. The first kappa shape index (κ1) is 19.5. The number of fused-ring (bicyclic) bond motifs is 1. The summed E-state index contributed by atoms with van der Waals surface area (Å²) >= 11 is 0. The van der Waals surface area contributed by atoms with Crippen LogP contribution in [-0.4, -0.2) is 37.3 Å². The molecule has 2 atom stereocenters. The zero-order chi connectivity index (χ0) is 20.3. The number of halogens is 1. The number of carboxylic acids is 1. The van der Waals surface area contributed by atoms with Gasteiger partial charge < -0.3 is 24.6 Å². The molecule has 1 heterocycles. The van der Waals surface area contributed by atoms with Gasteiger partial charge in [-0.3, -0.25) is 9.59 Å². The number of carbonyl (C=O) groups excluding carboxylic acids is 1. The molecule has 0 unspecified atom stereocenters. The molecule has 1 aliphatic rings. The van der Waals surface area contributed by atoms with Crippen LogP contribution in [0.3, 0.4) is 0 Å². The minimum absolute atomic E-state index is 0.213. The number of hydrogen-bond donors (Lipinski definition) is 2. The van der Waals surface area contributed by atoms with Gasteiger partial charge in [0, 0.05) is 12.0 Å². The highest BCUT2D eigenvalue weighted by Gasteiger charge is 2.31. The Kier molecular flexibility index (Phi) is 5.67. The summed E-state index contributed by atoms with van der Waals surface area (Å²) in [6.07, 6.45) is -0.964. The molecule has 7 nitrogen and oxygen atoms in total. The van der Waals surface area contributed by atoms with Gasteiger partial charge in [-0.2, -0.15) is 0 Å². The van der Waals surface area contributed by atoms with Crippen LogP contribution in [0.4, 0.5) is 4.39 Å². The summed E-state index contributed by atoms with van der Waals surface area (Å²) in [5.41, 5.74) is 1.15. The fourth-order valence-electron chi connectivity index (χ4n) is 3.12. The van der Waals surface area contributed by atoms with Gasteiger partial charge >= 0.3 is 5.97 Å². The first-order valence-electron chi connectivity index (χ1n) is 8.60. The Morgan fingerprint density at radius 1 is 1.21 bits per heavy atom. The highest BCUT2D eigenvalue weighted by molar-refractivity contribution is 5.83. The summed E-state index contributed by atoms with van der Waals surface area (Å²) in [7, 11) is 2.96. The first-order chi connectivity index (χ1) is 13.4. The lowest BCUT2D eigenvalue weighted by Crippen LogP contribution is -2.40. The van der Waals surface area contributed by atoms with E-state index in [-0.39, 0.29) is 12.8 Å². The third-order valence-corrected chi connectivity index (χ3v) is 4.49. The van der Waals surface area contributed by atoms with Crippen LogP contribution in [0.25, 0.3) is 0 Å².